The molecule has 0 radical (unpaired) electrons. The van der Waals surface area contributed by atoms with E-state index in [1.54, 1.807) is 11.1 Å². The minimum absolute atomic E-state index is 0.114. The van der Waals surface area contributed by atoms with Crippen molar-refractivity contribution in [3.8, 4) is 0 Å². The van der Waals surface area contributed by atoms with Gasteiger partial charge in [-0.3, -0.25) is 9.48 Å². The van der Waals surface area contributed by atoms with Gasteiger partial charge in [0.2, 0.25) is 0 Å². The summed E-state index contributed by atoms with van der Waals surface area (Å²) in [6.45, 7) is 8.70. The van der Waals surface area contributed by atoms with E-state index in [1.165, 1.54) is 6.20 Å². The summed E-state index contributed by atoms with van der Waals surface area (Å²) >= 11 is 0. The number of aromatic nitrogens is 5. The fourth-order valence-electron chi connectivity index (χ4n) is 3.07. The molecule has 8 nitrogen and oxygen atoms in total. The Labute approximate surface area is 134 Å². The number of nitrogens with zero attached hydrogens (tertiary/aromatic N) is 5. The van der Waals surface area contributed by atoms with Gasteiger partial charge in [0.15, 0.2) is 0 Å². The third-order valence-electron chi connectivity index (χ3n) is 4.30. The summed E-state index contributed by atoms with van der Waals surface area (Å²) in [4.78, 5) is 14.4. The molecule has 3 heterocycles. The van der Waals surface area contributed by atoms with Gasteiger partial charge in [0.1, 0.15) is 11.3 Å². The molecule has 2 aromatic rings. The van der Waals surface area contributed by atoms with Gasteiger partial charge in [-0.1, -0.05) is 0 Å². The second-order valence-electron chi connectivity index (χ2n) is 7.09. The molecule has 124 valence electrons. The van der Waals surface area contributed by atoms with Crippen LogP contribution in [-0.4, -0.2) is 54.2 Å². The largest absolute Gasteiger partial charge is 0.381 e. The molecular weight excluding hydrogens is 296 g/mol. The van der Waals surface area contributed by atoms with E-state index in [2.05, 4.69) is 20.5 Å². The van der Waals surface area contributed by atoms with Gasteiger partial charge < -0.3 is 10.0 Å². The zero-order valence-electron chi connectivity index (χ0n) is 13.9. The van der Waals surface area contributed by atoms with Crippen LogP contribution in [0.4, 0.5) is 0 Å². The lowest BCUT2D eigenvalue weighted by Gasteiger charge is -2.23. The van der Waals surface area contributed by atoms with Crippen molar-refractivity contribution in [2.75, 3.05) is 13.1 Å². The first-order valence-electron chi connectivity index (χ1n) is 7.65. The zero-order chi connectivity index (χ0) is 16.8. The maximum absolute atomic E-state index is 12.8. The van der Waals surface area contributed by atoms with Crippen molar-refractivity contribution in [2.45, 2.75) is 45.3 Å². The summed E-state index contributed by atoms with van der Waals surface area (Å²) < 4.78 is 1.85. The third-order valence-corrected chi connectivity index (χ3v) is 4.30. The molecule has 2 aromatic heterocycles. The molecule has 3 rings (SSSR count). The van der Waals surface area contributed by atoms with Crippen LogP contribution in [-0.2, 0) is 11.1 Å². The summed E-state index contributed by atoms with van der Waals surface area (Å²) in [5, 5.41) is 25.2. The standard InChI is InChI=1S/C15H22N6O2/c1-10-11(7-17-21(10)14(2,3)4)13(22)20-6-5-15(23,9-20)12-8-16-19-18-12/h7-8,23H,5-6,9H2,1-4H3,(H,16,18,19)/t15-/m0/s1. The number of nitrogens with one attached hydrogen (secondary N) is 1. The average molecular weight is 318 g/mol. The van der Waals surface area contributed by atoms with Crippen LogP contribution < -0.4 is 0 Å². The van der Waals surface area contributed by atoms with Crippen molar-refractivity contribution < 1.29 is 9.90 Å². The van der Waals surface area contributed by atoms with E-state index in [-0.39, 0.29) is 18.0 Å². The zero-order valence-corrected chi connectivity index (χ0v) is 13.9. The minimum Gasteiger partial charge on any atom is -0.381 e. The van der Waals surface area contributed by atoms with Crippen molar-refractivity contribution in [3.05, 3.63) is 29.3 Å². The number of hydrogen-bond acceptors (Lipinski definition) is 5. The van der Waals surface area contributed by atoms with Crippen molar-refractivity contribution in [2.24, 2.45) is 0 Å². The van der Waals surface area contributed by atoms with Gasteiger partial charge in [-0.05, 0) is 27.7 Å². The lowest BCUT2D eigenvalue weighted by molar-refractivity contribution is 0.0381. The Kier molecular flexibility index (Phi) is 3.51. The number of rotatable bonds is 2. The fraction of sp³-hybridized carbons (Fsp3) is 0.600. The van der Waals surface area contributed by atoms with E-state index >= 15 is 0 Å². The van der Waals surface area contributed by atoms with Crippen molar-refractivity contribution in [1.82, 2.24) is 30.1 Å². The van der Waals surface area contributed by atoms with Gasteiger partial charge in [-0.25, -0.2) is 0 Å². The molecule has 0 bridgehead atoms. The number of β-amino-alcohol motifs (C(OH)–C–C–N with tert-alkyl or cyclic N) is 1. The van der Waals surface area contributed by atoms with E-state index in [4.69, 9.17) is 0 Å². The first-order chi connectivity index (χ1) is 10.7. The quantitative estimate of drug-likeness (QED) is 0.853. The highest BCUT2D eigenvalue weighted by Crippen LogP contribution is 2.31. The highest BCUT2D eigenvalue weighted by atomic mass is 16.3. The van der Waals surface area contributed by atoms with Crippen LogP contribution >= 0.6 is 0 Å². The summed E-state index contributed by atoms with van der Waals surface area (Å²) in [5.41, 5.74) is 0.546. The number of amides is 1. The molecule has 1 saturated heterocycles. The number of H-pyrrole nitrogens is 1. The fourth-order valence-corrected chi connectivity index (χ4v) is 3.07. The molecule has 0 aliphatic carbocycles. The van der Waals surface area contributed by atoms with Crippen LogP contribution in [0.5, 0.6) is 0 Å². The lowest BCUT2D eigenvalue weighted by atomic mass is 10.00. The molecule has 0 spiro atoms. The summed E-state index contributed by atoms with van der Waals surface area (Å²) in [6, 6.07) is 0. The Morgan fingerprint density at radius 1 is 1.39 bits per heavy atom. The van der Waals surface area contributed by atoms with Crippen molar-refractivity contribution in [3.63, 3.8) is 0 Å². The Morgan fingerprint density at radius 2 is 2.13 bits per heavy atom. The Balaban J connectivity index is 1.82. The molecule has 0 aromatic carbocycles. The predicted molar refractivity (Wildman–Crippen MR) is 82.8 cm³/mol. The third kappa shape index (κ3) is 2.63. The molecule has 0 saturated carbocycles. The second-order valence-corrected chi connectivity index (χ2v) is 7.09. The number of aliphatic hydroxyl groups is 1. The number of carbonyl (C=O) groups excluding carboxylic acids is 1. The van der Waals surface area contributed by atoms with Crippen LogP contribution in [0.25, 0.3) is 0 Å². The van der Waals surface area contributed by atoms with Gasteiger partial charge in [-0.2, -0.15) is 20.5 Å². The molecule has 1 atom stereocenters. The van der Waals surface area contributed by atoms with Gasteiger partial charge in [-0.15, -0.1) is 0 Å². The first kappa shape index (κ1) is 15.7. The summed E-state index contributed by atoms with van der Waals surface area (Å²) in [7, 11) is 0. The number of carbonyl (C=O) groups is 1. The van der Waals surface area contributed by atoms with E-state index in [0.29, 0.717) is 24.2 Å². The van der Waals surface area contributed by atoms with E-state index in [1.807, 2.05) is 32.4 Å². The molecule has 1 fully saturated rings. The van der Waals surface area contributed by atoms with Crippen LogP contribution in [0.15, 0.2) is 12.4 Å². The van der Waals surface area contributed by atoms with Crippen LogP contribution in [0, 0.1) is 6.92 Å². The second kappa shape index (κ2) is 5.16. The van der Waals surface area contributed by atoms with Gasteiger partial charge >= 0.3 is 0 Å². The van der Waals surface area contributed by atoms with Crippen LogP contribution in [0.2, 0.25) is 0 Å². The Morgan fingerprint density at radius 3 is 2.70 bits per heavy atom. The van der Waals surface area contributed by atoms with E-state index < -0.39 is 5.60 Å². The molecule has 1 aliphatic rings. The average Bonchev–Trinajstić information content (AvgIpc) is 3.16. The number of aromatic amines is 1. The summed E-state index contributed by atoms with van der Waals surface area (Å²) in [5.74, 6) is -0.114. The lowest BCUT2D eigenvalue weighted by Crippen LogP contribution is -2.35. The van der Waals surface area contributed by atoms with Gasteiger partial charge in [0.05, 0.1) is 30.0 Å². The molecule has 0 unspecified atom stereocenters. The van der Waals surface area contributed by atoms with Crippen molar-refractivity contribution >= 4 is 5.91 Å². The predicted octanol–water partition coefficient (Wildman–Crippen LogP) is 0.798. The first-order valence-corrected chi connectivity index (χ1v) is 7.65. The molecule has 1 aliphatic heterocycles. The minimum atomic E-state index is -1.14. The van der Waals surface area contributed by atoms with Gasteiger partial charge in [0, 0.05) is 18.7 Å². The number of likely N-dealkylation sites (tertiary alicyclic amines) is 1. The SMILES string of the molecule is Cc1c(C(=O)N2CC[C@@](O)(c3cn[nH]n3)C2)cnn1C(C)(C)C. The Bertz CT molecular complexity index is 715. The van der Waals surface area contributed by atoms with Gasteiger partial charge in [0.25, 0.3) is 5.91 Å². The summed E-state index contributed by atoms with van der Waals surface area (Å²) in [6.07, 6.45) is 3.55. The topological polar surface area (TPSA) is 99.9 Å². The molecule has 8 heteroatoms. The smallest absolute Gasteiger partial charge is 0.257 e. The molecule has 1 amide bonds. The van der Waals surface area contributed by atoms with E-state index in [9.17, 15) is 9.90 Å². The highest BCUT2D eigenvalue weighted by Gasteiger charge is 2.42. The van der Waals surface area contributed by atoms with Crippen molar-refractivity contribution in [1.29, 1.82) is 0 Å². The maximum atomic E-state index is 12.8. The molecular formula is C15H22N6O2. The highest BCUT2D eigenvalue weighted by molar-refractivity contribution is 5.95. The molecule has 2 N–H and O–H groups in total. The maximum Gasteiger partial charge on any atom is 0.257 e. The number of hydrogen-bond donors (Lipinski definition) is 2. The monoisotopic (exact) mass is 318 g/mol. The van der Waals surface area contributed by atoms with Crippen LogP contribution in [0.3, 0.4) is 0 Å². The normalized spacial score (nSPS) is 21.9. The van der Waals surface area contributed by atoms with Crippen LogP contribution in [0.1, 0.15) is 48.9 Å². The Hall–Kier alpha value is -2.22. The molecule has 23 heavy (non-hydrogen) atoms. The van der Waals surface area contributed by atoms with E-state index in [0.717, 1.165) is 5.69 Å².